The van der Waals surface area contributed by atoms with Gasteiger partial charge in [0.2, 0.25) is 5.76 Å². The lowest BCUT2D eigenvalue weighted by Gasteiger charge is -2.25. The lowest BCUT2D eigenvalue weighted by molar-refractivity contribution is 0.0593. The molecule has 5 rings (SSSR count). The second-order valence-corrected chi connectivity index (χ2v) is 8.83. The fourth-order valence-electron chi connectivity index (χ4n) is 4.47. The molecule has 0 bridgehead atoms. The summed E-state index contributed by atoms with van der Waals surface area (Å²) in [5, 5.41) is 0.464. The van der Waals surface area contributed by atoms with Crippen LogP contribution < -0.4 is 10.2 Å². The molecular formula is C29H27NO5. The first-order chi connectivity index (χ1) is 17.0. The third-order valence-corrected chi connectivity index (χ3v) is 6.02. The zero-order chi connectivity index (χ0) is 24.4. The molecule has 0 radical (unpaired) electrons. The number of rotatable bonds is 8. The minimum Gasteiger partial charge on any atom is -0.457 e. The number of ether oxygens (including phenoxy) is 2. The number of hydrogen-bond acceptors (Lipinski definition) is 5. The van der Waals surface area contributed by atoms with E-state index >= 15 is 0 Å². The van der Waals surface area contributed by atoms with Crippen LogP contribution in [-0.2, 0) is 4.74 Å². The Bertz CT molecular complexity index is 1410. The van der Waals surface area contributed by atoms with Gasteiger partial charge in [-0.2, -0.15) is 0 Å². The first-order valence-electron chi connectivity index (χ1n) is 11.8. The van der Waals surface area contributed by atoms with Crippen molar-refractivity contribution < 1.29 is 18.7 Å². The molecular weight excluding hydrogens is 442 g/mol. The number of benzene rings is 3. The van der Waals surface area contributed by atoms with Crippen LogP contribution in [0.2, 0.25) is 0 Å². The van der Waals surface area contributed by atoms with Gasteiger partial charge >= 0.3 is 0 Å². The molecule has 1 aliphatic heterocycles. The van der Waals surface area contributed by atoms with Crippen LogP contribution in [0.3, 0.4) is 0 Å². The Hall–Kier alpha value is -3.90. The summed E-state index contributed by atoms with van der Waals surface area (Å²) in [6.07, 6.45) is 0.750. The summed E-state index contributed by atoms with van der Waals surface area (Å²) in [6.45, 7) is 4.91. The summed E-state index contributed by atoms with van der Waals surface area (Å²) in [5.41, 5.74) is 1.39. The molecule has 1 atom stereocenters. The van der Waals surface area contributed by atoms with Gasteiger partial charge in [-0.25, -0.2) is 0 Å². The van der Waals surface area contributed by atoms with Crippen LogP contribution in [-0.4, -0.2) is 30.1 Å². The molecule has 4 aromatic rings. The third-order valence-electron chi connectivity index (χ3n) is 6.02. The van der Waals surface area contributed by atoms with Crippen molar-refractivity contribution in [3.05, 3.63) is 106 Å². The number of nitrogens with zero attached hydrogens (tertiary/aromatic N) is 1. The van der Waals surface area contributed by atoms with Crippen LogP contribution in [0.4, 0.5) is 0 Å². The van der Waals surface area contributed by atoms with Gasteiger partial charge in [-0.3, -0.25) is 9.59 Å². The molecule has 0 saturated heterocycles. The second kappa shape index (κ2) is 9.76. The minimum atomic E-state index is -0.572. The summed E-state index contributed by atoms with van der Waals surface area (Å²) in [6, 6.07) is 23.5. The fraction of sp³-hybridized carbons (Fsp3) is 0.241. The molecule has 3 aromatic carbocycles. The summed E-state index contributed by atoms with van der Waals surface area (Å²) >= 11 is 0. The molecule has 0 fully saturated rings. The highest BCUT2D eigenvalue weighted by molar-refractivity contribution is 5.99. The summed E-state index contributed by atoms with van der Waals surface area (Å²) in [5.74, 6) is 1.16. The van der Waals surface area contributed by atoms with E-state index in [1.807, 2.05) is 68.4 Å². The topological polar surface area (TPSA) is 69.0 Å². The molecule has 0 spiro atoms. The molecule has 1 amide bonds. The first-order valence-corrected chi connectivity index (χ1v) is 11.8. The monoisotopic (exact) mass is 469 g/mol. The molecule has 178 valence electrons. The minimum absolute atomic E-state index is 0.109. The van der Waals surface area contributed by atoms with Crippen molar-refractivity contribution in [3.63, 3.8) is 0 Å². The zero-order valence-electron chi connectivity index (χ0n) is 19.8. The van der Waals surface area contributed by atoms with Crippen LogP contribution >= 0.6 is 0 Å². The Balaban J connectivity index is 1.56. The van der Waals surface area contributed by atoms with Gasteiger partial charge in [0.1, 0.15) is 17.1 Å². The van der Waals surface area contributed by atoms with Crippen molar-refractivity contribution in [2.24, 2.45) is 0 Å². The van der Waals surface area contributed by atoms with Crippen LogP contribution in [0.1, 0.15) is 48.0 Å². The molecule has 0 N–H and O–H groups in total. The molecule has 6 nitrogen and oxygen atoms in total. The van der Waals surface area contributed by atoms with Crippen LogP contribution in [0.25, 0.3) is 11.0 Å². The van der Waals surface area contributed by atoms with Crippen molar-refractivity contribution in [2.45, 2.75) is 32.4 Å². The van der Waals surface area contributed by atoms with Gasteiger partial charge in [0.25, 0.3) is 5.91 Å². The maximum Gasteiger partial charge on any atom is 0.290 e. The molecule has 0 aliphatic carbocycles. The van der Waals surface area contributed by atoms with E-state index in [-0.39, 0.29) is 23.2 Å². The lowest BCUT2D eigenvalue weighted by atomic mass is 9.98. The Morgan fingerprint density at radius 2 is 1.66 bits per heavy atom. The van der Waals surface area contributed by atoms with Crippen molar-refractivity contribution in [1.29, 1.82) is 0 Å². The Labute approximate surface area is 203 Å². The predicted molar refractivity (Wildman–Crippen MR) is 134 cm³/mol. The maximum atomic E-state index is 13.6. The van der Waals surface area contributed by atoms with Gasteiger partial charge in [0, 0.05) is 13.2 Å². The number of hydrogen-bond donors (Lipinski definition) is 0. The largest absolute Gasteiger partial charge is 0.457 e. The molecule has 35 heavy (non-hydrogen) atoms. The van der Waals surface area contributed by atoms with E-state index in [1.54, 1.807) is 29.2 Å². The highest BCUT2D eigenvalue weighted by atomic mass is 16.5. The third kappa shape index (κ3) is 4.57. The van der Waals surface area contributed by atoms with Crippen LogP contribution in [0.5, 0.6) is 11.5 Å². The number of carbonyl (C=O) groups is 1. The van der Waals surface area contributed by atoms with E-state index in [9.17, 15) is 9.59 Å². The molecule has 2 heterocycles. The van der Waals surface area contributed by atoms with E-state index in [0.717, 1.165) is 5.56 Å². The van der Waals surface area contributed by atoms with Gasteiger partial charge in [0.05, 0.1) is 23.1 Å². The lowest BCUT2D eigenvalue weighted by Crippen LogP contribution is -2.31. The van der Waals surface area contributed by atoms with Gasteiger partial charge in [-0.15, -0.1) is 0 Å². The van der Waals surface area contributed by atoms with Crippen molar-refractivity contribution in [3.8, 4) is 11.5 Å². The predicted octanol–water partition coefficient (Wildman–Crippen LogP) is 5.95. The van der Waals surface area contributed by atoms with E-state index in [4.69, 9.17) is 13.9 Å². The Kier molecular flexibility index (Phi) is 6.38. The maximum absolute atomic E-state index is 13.6. The summed E-state index contributed by atoms with van der Waals surface area (Å²) in [7, 11) is 0. The number of carbonyl (C=O) groups excluding carboxylic acids is 1. The quantitative estimate of drug-likeness (QED) is 0.299. The molecule has 6 heteroatoms. The van der Waals surface area contributed by atoms with Gasteiger partial charge < -0.3 is 18.8 Å². The van der Waals surface area contributed by atoms with Crippen molar-refractivity contribution in [1.82, 2.24) is 4.90 Å². The van der Waals surface area contributed by atoms with E-state index in [1.165, 1.54) is 0 Å². The number of fused-ring (bicyclic) bond motifs is 2. The zero-order valence-corrected chi connectivity index (χ0v) is 19.8. The molecule has 1 aromatic heterocycles. The fourth-order valence-corrected chi connectivity index (χ4v) is 4.47. The molecule has 0 unspecified atom stereocenters. The average Bonchev–Trinajstić information content (AvgIpc) is 3.14. The number of amides is 1. The summed E-state index contributed by atoms with van der Waals surface area (Å²) in [4.78, 5) is 28.8. The Morgan fingerprint density at radius 3 is 2.46 bits per heavy atom. The molecule has 0 saturated carbocycles. The van der Waals surface area contributed by atoms with Crippen LogP contribution in [0, 0.1) is 0 Å². The van der Waals surface area contributed by atoms with Crippen LogP contribution in [0.15, 0.2) is 88.1 Å². The molecule has 1 aliphatic rings. The van der Waals surface area contributed by atoms with Gasteiger partial charge in [0.15, 0.2) is 5.43 Å². The van der Waals surface area contributed by atoms with Gasteiger partial charge in [-0.05, 0) is 62.2 Å². The van der Waals surface area contributed by atoms with Crippen molar-refractivity contribution >= 4 is 16.9 Å². The smallest absolute Gasteiger partial charge is 0.290 e. The highest BCUT2D eigenvalue weighted by Crippen LogP contribution is 2.39. The Morgan fingerprint density at radius 1 is 0.914 bits per heavy atom. The summed E-state index contributed by atoms with van der Waals surface area (Å²) < 4.78 is 17.7. The van der Waals surface area contributed by atoms with E-state index in [2.05, 4.69) is 0 Å². The second-order valence-electron chi connectivity index (χ2n) is 8.83. The highest BCUT2D eigenvalue weighted by Gasteiger charge is 2.42. The van der Waals surface area contributed by atoms with Gasteiger partial charge in [-0.1, -0.05) is 42.5 Å². The average molecular weight is 470 g/mol. The van der Waals surface area contributed by atoms with E-state index in [0.29, 0.717) is 47.6 Å². The SMILES string of the molecule is CC(C)OCCCN1C(=O)c2oc3ccccc3c(=O)c2[C@H]1c1cccc(Oc2ccccc2)c1. The van der Waals surface area contributed by atoms with E-state index < -0.39 is 6.04 Å². The van der Waals surface area contributed by atoms with Crippen molar-refractivity contribution in [2.75, 3.05) is 13.2 Å². The number of para-hydroxylation sites is 2. The first kappa shape index (κ1) is 22.9. The normalized spacial score (nSPS) is 15.1. The standard InChI is InChI=1S/C29H27NO5/c1-19(2)33-17-9-16-30-26(20-10-8-13-22(18-20)34-21-11-4-3-5-12-21)25-27(31)23-14-6-7-15-24(23)35-28(25)29(30)32/h3-8,10-15,18-19,26H,9,16-17H2,1-2H3/t26-/m1/s1.